The molecular formula is C7H15NO2S. The van der Waals surface area contributed by atoms with Crippen LogP contribution in [0.5, 0.6) is 0 Å². The highest BCUT2D eigenvalue weighted by molar-refractivity contribution is 7.98. The first-order chi connectivity index (χ1) is 5.13. The number of amides is 1. The van der Waals surface area contributed by atoms with Crippen LogP contribution in [-0.2, 0) is 4.74 Å². The second-order valence-electron chi connectivity index (χ2n) is 2.39. The van der Waals surface area contributed by atoms with Crippen LogP contribution >= 0.6 is 11.8 Å². The minimum absolute atomic E-state index is 0.234. The maximum Gasteiger partial charge on any atom is 0.409 e. The molecule has 0 saturated heterocycles. The van der Waals surface area contributed by atoms with Gasteiger partial charge in [-0.25, -0.2) is 4.79 Å². The van der Waals surface area contributed by atoms with Crippen molar-refractivity contribution in [2.24, 2.45) is 0 Å². The lowest BCUT2D eigenvalue weighted by Crippen LogP contribution is -2.36. The first-order valence-corrected chi connectivity index (χ1v) is 4.82. The van der Waals surface area contributed by atoms with Gasteiger partial charge < -0.3 is 9.64 Å². The van der Waals surface area contributed by atoms with Gasteiger partial charge in [-0.2, -0.15) is 11.8 Å². The average Bonchev–Trinajstić information content (AvgIpc) is 2.02. The molecule has 0 bridgehead atoms. The highest BCUT2D eigenvalue weighted by atomic mass is 32.2. The molecule has 3 nitrogen and oxygen atoms in total. The van der Waals surface area contributed by atoms with Gasteiger partial charge in [0.1, 0.15) is 0 Å². The summed E-state index contributed by atoms with van der Waals surface area (Å²) in [5.41, 5.74) is 0. The minimum Gasteiger partial charge on any atom is -0.453 e. The number of carbonyl (C=O) groups is 1. The van der Waals surface area contributed by atoms with E-state index in [1.807, 2.05) is 13.2 Å². The monoisotopic (exact) mass is 177 g/mol. The van der Waals surface area contributed by atoms with Crippen LogP contribution in [0.15, 0.2) is 0 Å². The molecule has 0 aromatic rings. The van der Waals surface area contributed by atoms with Crippen LogP contribution in [-0.4, -0.2) is 43.2 Å². The van der Waals surface area contributed by atoms with Crippen molar-refractivity contribution in [3.63, 3.8) is 0 Å². The van der Waals surface area contributed by atoms with Crippen molar-refractivity contribution in [2.45, 2.75) is 13.0 Å². The molecule has 11 heavy (non-hydrogen) atoms. The van der Waals surface area contributed by atoms with Gasteiger partial charge in [-0.1, -0.05) is 0 Å². The van der Waals surface area contributed by atoms with Crippen LogP contribution in [0.3, 0.4) is 0 Å². The van der Waals surface area contributed by atoms with Gasteiger partial charge in [0, 0.05) is 18.8 Å². The molecule has 1 amide bonds. The fraction of sp³-hybridized carbons (Fsp3) is 0.857. The van der Waals surface area contributed by atoms with Crippen molar-refractivity contribution in [3.05, 3.63) is 0 Å². The normalized spacial score (nSPS) is 12.4. The molecule has 0 heterocycles. The SMILES string of the molecule is COC(=O)N(C)C(C)CSC. The lowest BCUT2D eigenvalue weighted by atomic mass is 10.4. The number of hydrogen-bond acceptors (Lipinski definition) is 3. The van der Waals surface area contributed by atoms with Gasteiger partial charge in [0.05, 0.1) is 7.11 Å². The maximum absolute atomic E-state index is 10.9. The molecule has 0 aromatic carbocycles. The Bertz CT molecular complexity index is 130. The molecule has 1 atom stereocenters. The summed E-state index contributed by atoms with van der Waals surface area (Å²) in [5.74, 6) is 0.936. The standard InChI is InChI=1S/C7H15NO2S/c1-6(5-11-4)8(2)7(9)10-3/h6H,5H2,1-4H3. The maximum atomic E-state index is 10.9. The van der Waals surface area contributed by atoms with Crippen LogP contribution in [0.1, 0.15) is 6.92 Å². The third-order valence-corrected chi connectivity index (χ3v) is 2.35. The van der Waals surface area contributed by atoms with Crippen molar-refractivity contribution >= 4 is 17.9 Å². The molecule has 0 saturated carbocycles. The first-order valence-electron chi connectivity index (χ1n) is 3.43. The number of hydrogen-bond donors (Lipinski definition) is 0. The van der Waals surface area contributed by atoms with E-state index in [2.05, 4.69) is 4.74 Å². The Kier molecular flexibility index (Phi) is 5.11. The van der Waals surface area contributed by atoms with Crippen LogP contribution in [0.2, 0.25) is 0 Å². The summed E-state index contributed by atoms with van der Waals surface area (Å²) in [5, 5.41) is 0. The first kappa shape index (κ1) is 10.6. The van der Waals surface area contributed by atoms with Gasteiger partial charge in [0.15, 0.2) is 0 Å². The molecule has 66 valence electrons. The van der Waals surface area contributed by atoms with Crippen LogP contribution < -0.4 is 0 Å². The van der Waals surface area contributed by atoms with Crippen LogP contribution in [0, 0.1) is 0 Å². The van der Waals surface area contributed by atoms with E-state index in [0.29, 0.717) is 0 Å². The lowest BCUT2D eigenvalue weighted by Gasteiger charge is -2.22. The third-order valence-electron chi connectivity index (χ3n) is 1.53. The van der Waals surface area contributed by atoms with Gasteiger partial charge in [-0.05, 0) is 13.2 Å². The van der Waals surface area contributed by atoms with Gasteiger partial charge >= 0.3 is 6.09 Å². The fourth-order valence-corrected chi connectivity index (χ4v) is 1.38. The number of carbonyl (C=O) groups excluding carboxylic acids is 1. The van der Waals surface area contributed by atoms with Gasteiger partial charge in [0.2, 0.25) is 0 Å². The Morgan fingerprint density at radius 3 is 2.64 bits per heavy atom. The van der Waals surface area contributed by atoms with E-state index in [-0.39, 0.29) is 12.1 Å². The summed E-state index contributed by atoms with van der Waals surface area (Å²) in [7, 11) is 3.14. The highest BCUT2D eigenvalue weighted by Gasteiger charge is 2.14. The predicted molar refractivity (Wildman–Crippen MR) is 48.0 cm³/mol. The predicted octanol–water partition coefficient (Wildman–Crippen LogP) is 1.44. The summed E-state index contributed by atoms with van der Waals surface area (Å²) in [6.45, 7) is 1.99. The molecule has 0 N–H and O–H groups in total. The molecule has 0 fully saturated rings. The van der Waals surface area contributed by atoms with Crippen molar-refractivity contribution in [2.75, 3.05) is 26.2 Å². The molecule has 0 radical (unpaired) electrons. The fourth-order valence-electron chi connectivity index (χ4n) is 0.677. The Morgan fingerprint density at radius 2 is 2.27 bits per heavy atom. The van der Waals surface area contributed by atoms with Crippen molar-refractivity contribution < 1.29 is 9.53 Å². The number of ether oxygens (including phenoxy) is 1. The lowest BCUT2D eigenvalue weighted by molar-refractivity contribution is 0.124. The molecule has 0 spiro atoms. The zero-order chi connectivity index (χ0) is 8.85. The van der Waals surface area contributed by atoms with E-state index in [1.165, 1.54) is 7.11 Å². The molecule has 0 aliphatic carbocycles. The van der Waals surface area contributed by atoms with Crippen molar-refractivity contribution in [1.29, 1.82) is 0 Å². The molecule has 0 aromatic heterocycles. The van der Waals surface area contributed by atoms with Crippen LogP contribution in [0.4, 0.5) is 4.79 Å². The van der Waals surface area contributed by atoms with E-state index in [1.54, 1.807) is 23.7 Å². The Morgan fingerprint density at radius 1 is 1.73 bits per heavy atom. The Hall–Kier alpha value is -0.380. The number of thioether (sulfide) groups is 1. The summed E-state index contributed by atoms with van der Waals surface area (Å²) in [6, 6.07) is 0.234. The smallest absolute Gasteiger partial charge is 0.409 e. The van der Waals surface area contributed by atoms with Crippen LogP contribution in [0.25, 0.3) is 0 Å². The topological polar surface area (TPSA) is 29.5 Å². The van der Waals surface area contributed by atoms with E-state index in [0.717, 1.165) is 5.75 Å². The summed E-state index contributed by atoms with van der Waals surface area (Å²) < 4.78 is 4.56. The second kappa shape index (κ2) is 5.29. The zero-order valence-electron chi connectivity index (χ0n) is 7.46. The van der Waals surface area contributed by atoms with Crippen molar-refractivity contribution in [3.8, 4) is 0 Å². The molecule has 4 heteroatoms. The zero-order valence-corrected chi connectivity index (χ0v) is 8.27. The van der Waals surface area contributed by atoms with Crippen molar-refractivity contribution in [1.82, 2.24) is 4.90 Å². The molecule has 1 unspecified atom stereocenters. The largest absolute Gasteiger partial charge is 0.453 e. The van der Waals surface area contributed by atoms with E-state index >= 15 is 0 Å². The molecule has 0 aliphatic heterocycles. The average molecular weight is 177 g/mol. The summed E-state index contributed by atoms with van der Waals surface area (Å²) in [6.07, 6.45) is 1.74. The second-order valence-corrected chi connectivity index (χ2v) is 3.30. The quantitative estimate of drug-likeness (QED) is 0.653. The molecule has 0 rings (SSSR count). The number of nitrogens with zero attached hydrogens (tertiary/aromatic N) is 1. The molecular weight excluding hydrogens is 162 g/mol. The van der Waals surface area contributed by atoms with Gasteiger partial charge in [-0.15, -0.1) is 0 Å². The summed E-state index contributed by atoms with van der Waals surface area (Å²) in [4.78, 5) is 12.5. The summed E-state index contributed by atoms with van der Waals surface area (Å²) >= 11 is 1.72. The third kappa shape index (κ3) is 3.51. The highest BCUT2D eigenvalue weighted by Crippen LogP contribution is 2.04. The molecule has 0 aliphatic rings. The number of methoxy groups -OCH3 is 1. The minimum atomic E-state index is -0.272. The van der Waals surface area contributed by atoms with E-state index in [9.17, 15) is 4.79 Å². The van der Waals surface area contributed by atoms with E-state index < -0.39 is 0 Å². The Labute approximate surface area is 72.1 Å². The van der Waals surface area contributed by atoms with Gasteiger partial charge in [-0.3, -0.25) is 0 Å². The van der Waals surface area contributed by atoms with Gasteiger partial charge in [0.25, 0.3) is 0 Å². The van der Waals surface area contributed by atoms with E-state index in [4.69, 9.17) is 0 Å². The Balaban J connectivity index is 3.80. The number of rotatable bonds is 3.